The maximum Gasteiger partial charge on any atom is 0.348 e. The molecule has 2 amide bonds. The number of likely N-dealkylation sites (N-methyl/N-ethyl adjacent to an activating group) is 1. The first-order chi connectivity index (χ1) is 11.9. The molecule has 0 aliphatic rings. The van der Waals surface area contributed by atoms with Crippen molar-refractivity contribution >= 4 is 39.2 Å². The minimum absolute atomic E-state index is 0.0987. The van der Waals surface area contributed by atoms with Crippen LogP contribution in [0.15, 0.2) is 24.3 Å². The molecule has 1 aromatic carbocycles. The van der Waals surface area contributed by atoms with Crippen LogP contribution >= 0.6 is 11.3 Å². The van der Waals surface area contributed by atoms with Crippen LogP contribution in [-0.4, -0.2) is 49.4 Å². The van der Waals surface area contributed by atoms with E-state index in [-0.39, 0.29) is 23.1 Å². The average molecular weight is 366 g/mol. The van der Waals surface area contributed by atoms with Crippen LogP contribution in [0.25, 0.3) is 10.1 Å². The summed E-state index contributed by atoms with van der Waals surface area (Å²) >= 11 is 1.16. The molecule has 0 aliphatic heterocycles. The Morgan fingerprint density at radius 2 is 2.04 bits per heavy atom. The number of rotatable bonds is 7. The van der Waals surface area contributed by atoms with Gasteiger partial charge in [-0.15, -0.1) is 11.3 Å². The summed E-state index contributed by atoms with van der Waals surface area (Å²) in [5, 5.41) is 3.26. The van der Waals surface area contributed by atoms with Crippen molar-refractivity contribution in [1.82, 2.24) is 10.2 Å². The molecule has 0 aliphatic carbocycles. The maximum absolute atomic E-state index is 13.2. The van der Waals surface area contributed by atoms with Gasteiger partial charge in [0.1, 0.15) is 10.7 Å². The second-order valence-corrected chi connectivity index (χ2v) is 6.55. The number of carbonyl (C=O) groups excluding carboxylic acids is 3. The Morgan fingerprint density at radius 3 is 2.76 bits per heavy atom. The predicted molar refractivity (Wildman–Crippen MR) is 93.0 cm³/mol. The van der Waals surface area contributed by atoms with Crippen molar-refractivity contribution in [1.29, 1.82) is 0 Å². The van der Waals surface area contributed by atoms with Gasteiger partial charge in [0.05, 0.1) is 6.54 Å². The van der Waals surface area contributed by atoms with Crippen molar-refractivity contribution in [3.63, 3.8) is 0 Å². The van der Waals surface area contributed by atoms with E-state index in [0.717, 1.165) is 22.5 Å². The summed E-state index contributed by atoms with van der Waals surface area (Å²) in [6, 6.07) is 5.75. The zero-order chi connectivity index (χ0) is 18.4. The number of hydrogen-bond donors (Lipinski definition) is 1. The Morgan fingerprint density at radius 1 is 1.28 bits per heavy atom. The Balaban J connectivity index is 1.87. The summed E-state index contributed by atoms with van der Waals surface area (Å²) in [6.07, 6.45) is 0.806. The second kappa shape index (κ2) is 8.57. The van der Waals surface area contributed by atoms with E-state index in [9.17, 15) is 18.8 Å². The number of nitrogens with one attached hydrogen (secondary N) is 1. The minimum Gasteiger partial charge on any atom is -0.451 e. The van der Waals surface area contributed by atoms with Crippen LogP contribution in [0.2, 0.25) is 0 Å². The van der Waals surface area contributed by atoms with E-state index < -0.39 is 18.5 Å². The molecule has 2 rings (SSSR count). The van der Waals surface area contributed by atoms with E-state index in [1.54, 1.807) is 6.07 Å². The number of nitrogens with zero attached hydrogens (tertiary/aromatic N) is 1. The van der Waals surface area contributed by atoms with Gasteiger partial charge < -0.3 is 15.0 Å². The Kier molecular flexibility index (Phi) is 6.46. The molecule has 0 spiro atoms. The highest BCUT2D eigenvalue weighted by Crippen LogP contribution is 2.26. The molecule has 2 aromatic rings. The van der Waals surface area contributed by atoms with Crippen molar-refractivity contribution in [3.05, 3.63) is 35.0 Å². The molecule has 0 atom stereocenters. The lowest BCUT2D eigenvalue weighted by Gasteiger charge is -2.16. The van der Waals surface area contributed by atoms with Gasteiger partial charge >= 0.3 is 5.97 Å². The third kappa shape index (κ3) is 5.25. The molecule has 0 saturated carbocycles. The normalized spacial score (nSPS) is 10.5. The van der Waals surface area contributed by atoms with Crippen molar-refractivity contribution < 1.29 is 23.5 Å². The fourth-order valence-corrected chi connectivity index (χ4v) is 2.98. The van der Waals surface area contributed by atoms with E-state index in [0.29, 0.717) is 11.9 Å². The summed E-state index contributed by atoms with van der Waals surface area (Å²) in [4.78, 5) is 37.0. The number of halogens is 1. The molecule has 6 nitrogen and oxygen atoms in total. The molecule has 134 valence electrons. The van der Waals surface area contributed by atoms with E-state index >= 15 is 0 Å². The van der Waals surface area contributed by atoms with Gasteiger partial charge in [-0.25, -0.2) is 9.18 Å². The molecule has 25 heavy (non-hydrogen) atoms. The molecule has 0 radical (unpaired) electrons. The molecule has 0 unspecified atom stereocenters. The number of thiophene rings is 1. The number of amides is 2. The lowest BCUT2D eigenvalue weighted by atomic mass is 10.2. The van der Waals surface area contributed by atoms with Crippen LogP contribution in [0, 0.1) is 5.82 Å². The number of fused-ring (bicyclic) bond motifs is 1. The smallest absolute Gasteiger partial charge is 0.348 e. The van der Waals surface area contributed by atoms with Gasteiger partial charge in [-0.05, 0) is 36.1 Å². The first-order valence-corrected chi connectivity index (χ1v) is 8.59. The Labute approximate surface area is 148 Å². The summed E-state index contributed by atoms with van der Waals surface area (Å²) < 4.78 is 18.9. The van der Waals surface area contributed by atoms with Crippen molar-refractivity contribution in [2.24, 2.45) is 0 Å². The lowest BCUT2D eigenvalue weighted by molar-refractivity contribution is -0.137. The predicted octanol–water partition coefficient (Wildman–Crippen LogP) is 2.18. The molecule has 0 fully saturated rings. The first-order valence-electron chi connectivity index (χ1n) is 7.77. The lowest BCUT2D eigenvalue weighted by Crippen LogP contribution is -2.40. The largest absolute Gasteiger partial charge is 0.451 e. The van der Waals surface area contributed by atoms with Crippen LogP contribution in [0.3, 0.4) is 0 Å². The third-order valence-corrected chi connectivity index (χ3v) is 4.48. The highest BCUT2D eigenvalue weighted by Gasteiger charge is 2.17. The van der Waals surface area contributed by atoms with Crippen molar-refractivity contribution in [2.75, 3.05) is 26.7 Å². The summed E-state index contributed by atoms with van der Waals surface area (Å²) in [5.74, 6) is -1.79. The van der Waals surface area contributed by atoms with E-state index in [4.69, 9.17) is 4.74 Å². The molecular formula is C17H19FN2O4S. The number of benzene rings is 1. The molecular weight excluding hydrogens is 347 g/mol. The Hall–Kier alpha value is -2.48. The molecule has 0 saturated heterocycles. The third-order valence-electron chi connectivity index (χ3n) is 3.38. The van der Waals surface area contributed by atoms with Gasteiger partial charge in [-0.2, -0.15) is 0 Å². The maximum atomic E-state index is 13.2. The fourth-order valence-electron chi connectivity index (χ4n) is 2.05. The topological polar surface area (TPSA) is 75.7 Å². The molecule has 1 aromatic heterocycles. The van der Waals surface area contributed by atoms with E-state index in [1.807, 2.05) is 6.92 Å². The number of hydrogen-bond acceptors (Lipinski definition) is 5. The molecule has 1 N–H and O–H groups in total. The van der Waals surface area contributed by atoms with Crippen molar-refractivity contribution in [2.45, 2.75) is 13.3 Å². The summed E-state index contributed by atoms with van der Waals surface area (Å²) in [5.41, 5.74) is 0. The molecule has 0 bridgehead atoms. The molecule has 1 heterocycles. The van der Waals surface area contributed by atoms with Gasteiger partial charge in [0.25, 0.3) is 5.91 Å². The van der Waals surface area contributed by atoms with E-state index in [2.05, 4.69) is 5.32 Å². The number of esters is 1. The van der Waals surface area contributed by atoms with Crippen LogP contribution in [-0.2, 0) is 14.3 Å². The number of ether oxygens (including phenoxy) is 1. The highest BCUT2D eigenvalue weighted by molar-refractivity contribution is 7.20. The minimum atomic E-state index is -0.654. The monoisotopic (exact) mass is 366 g/mol. The van der Waals surface area contributed by atoms with E-state index in [1.165, 1.54) is 30.1 Å². The fraction of sp³-hybridized carbons (Fsp3) is 0.353. The summed E-state index contributed by atoms with van der Waals surface area (Å²) in [7, 11) is 1.46. The second-order valence-electron chi connectivity index (χ2n) is 5.47. The zero-order valence-corrected chi connectivity index (χ0v) is 14.8. The average Bonchev–Trinajstić information content (AvgIpc) is 3.00. The highest BCUT2D eigenvalue weighted by atomic mass is 32.1. The van der Waals surface area contributed by atoms with Gasteiger partial charge in [-0.1, -0.05) is 6.92 Å². The summed E-state index contributed by atoms with van der Waals surface area (Å²) in [6.45, 7) is 1.91. The number of carbonyl (C=O) groups is 3. The van der Waals surface area contributed by atoms with Crippen LogP contribution in [0.5, 0.6) is 0 Å². The van der Waals surface area contributed by atoms with Crippen LogP contribution < -0.4 is 5.32 Å². The van der Waals surface area contributed by atoms with Gasteiger partial charge in [-0.3, -0.25) is 9.59 Å². The SMILES string of the molecule is CCCNC(=O)CN(C)C(=O)COC(=O)c1cc2cc(F)ccc2s1. The van der Waals surface area contributed by atoms with Gasteiger partial charge in [0.15, 0.2) is 6.61 Å². The van der Waals surface area contributed by atoms with Gasteiger partial charge in [0, 0.05) is 18.3 Å². The zero-order valence-electron chi connectivity index (χ0n) is 14.0. The molecule has 8 heteroatoms. The standard InChI is InChI=1S/C17H19FN2O4S/c1-3-6-19-15(21)9-20(2)16(22)10-24-17(23)14-8-11-7-12(18)4-5-13(11)25-14/h4-5,7-8H,3,6,9-10H2,1-2H3,(H,19,21). The quantitative estimate of drug-likeness (QED) is 0.762. The Bertz CT molecular complexity index is 790. The van der Waals surface area contributed by atoms with Crippen molar-refractivity contribution in [3.8, 4) is 0 Å². The van der Waals surface area contributed by atoms with Gasteiger partial charge in [0.2, 0.25) is 5.91 Å². The van der Waals surface area contributed by atoms with Crippen LogP contribution in [0.4, 0.5) is 4.39 Å². The first kappa shape index (κ1) is 18.9. The van der Waals surface area contributed by atoms with Crippen LogP contribution in [0.1, 0.15) is 23.0 Å².